The quantitative estimate of drug-likeness (QED) is 0.491. The van der Waals surface area contributed by atoms with Crippen molar-refractivity contribution in [1.82, 2.24) is 0 Å². The van der Waals surface area contributed by atoms with Crippen LogP contribution in [0.4, 0.5) is 0 Å². The molecule has 0 heteroatoms. The van der Waals surface area contributed by atoms with Crippen molar-refractivity contribution in [2.45, 2.75) is 73.6 Å². The van der Waals surface area contributed by atoms with Gasteiger partial charge in [-0.1, -0.05) is 65.7 Å². The number of hydrogen-bond donors (Lipinski definition) is 0. The first-order valence-corrected chi connectivity index (χ1v) is 6.82. The zero-order chi connectivity index (χ0) is 12.6. The molecule has 0 aliphatic carbocycles. The molecule has 0 unspecified atom stereocenters. The topological polar surface area (TPSA) is 0 Å². The van der Waals surface area contributed by atoms with E-state index in [1.807, 2.05) is 0 Å². The maximum atomic E-state index is 2.36. The first kappa shape index (κ1) is 15.5. The molecule has 0 nitrogen and oxygen atoms in total. The van der Waals surface area contributed by atoms with E-state index in [2.05, 4.69) is 53.7 Å². The number of allylic oxidation sites excluding steroid dienone is 4. The summed E-state index contributed by atoms with van der Waals surface area (Å²) in [7, 11) is 0. The molecule has 0 saturated heterocycles. The lowest BCUT2D eigenvalue weighted by Gasteiger charge is -2.22. The van der Waals surface area contributed by atoms with Gasteiger partial charge < -0.3 is 0 Å². The average molecular weight is 222 g/mol. The molecule has 16 heavy (non-hydrogen) atoms. The largest absolute Gasteiger partial charge is 0.0845 e. The van der Waals surface area contributed by atoms with Gasteiger partial charge in [0.2, 0.25) is 0 Å². The number of hydrogen-bond acceptors (Lipinski definition) is 0. The molecule has 0 spiro atoms. The molecular weight excluding hydrogens is 192 g/mol. The summed E-state index contributed by atoms with van der Waals surface area (Å²) < 4.78 is 0. The normalized spacial score (nSPS) is 14.4. The first-order chi connectivity index (χ1) is 7.44. The number of rotatable bonds is 6. The van der Waals surface area contributed by atoms with Crippen LogP contribution in [-0.4, -0.2) is 0 Å². The lowest BCUT2D eigenvalue weighted by atomic mass is 9.84. The van der Waals surface area contributed by atoms with Gasteiger partial charge in [0.05, 0.1) is 0 Å². The first-order valence-electron chi connectivity index (χ1n) is 6.82. The minimum atomic E-state index is 0.407. The monoisotopic (exact) mass is 222 g/mol. The highest BCUT2D eigenvalue weighted by molar-refractivity contribution is 5.26. The average Bonchev–Trinajstić information content (AvgIpc) is 2.19. The van der Waals surface area contributed by atoms with Gasteiger partial charge in [0, 0.05) is 0 Å². The van der Waals surface area contributed by atoms with Crippen LogP contribution in [0.5, 0.6) is 0 Å². The SMILES string of the molecule is CC/C=C\C(CCC)=C(\CC)CC(C)(C)C. The minimum Gasteiger partial charge on any atom is -0.0845 e. The van der Waals surface area contributed by atoms with Crippen molar-refractivity contribution in [3.05, 3.63) is 23.3 Å². The van der Waals surface area contributed by atoms with Crippen molar-refractivity contribution in [3.63, 3.8) is 0 Å². The Morgan fingerprint density at radius 3 is 2.06 bits per heavy atom. The Bertz CT molecular complexity index is 235. The Morgan fingerprint density at radius 2 is 1.69 bits per heavy atom. The Kier molecular flexibility index (Phi) is 7.45. The summed E-state index contributed by atoms with van der Waals surface area (Å²) in [5, 5.41) is 0. The van der Waals surface area contributed by atoms with E-state index in [0.717, 1.165) is 6.42 Å². The molecule has 0 radical (unpaired) electrons. The molecule has 0 aliphatic heterocycles. The predicted molar refractivity (Wildman–Crippen MR) is 75.7 cm³/mol. The molecule has 0 bridgehead atoms. The van der Waals surface area contributed by atoms with Gasteiger partial charge in [0.15, 0.2) is 0 Å². The molecule has 0 aromatic heterocycles. The Hall–Kier alpha value is -0.520. The zero-order valence-electron chi connectivity index (χ0n) is 12.2. The fourth-order valence-electron chi connectivity index (χ4n) is 2.01. The second-order valence-electron chi connectivity index (χ2n) is 5.78. The summed E-state index contributed by atoms with van der Waals surface area (Å²) in [6.45, 7) is 13.7. The minimum absolute atomic E-state index is 0.407. The van der Waals surface area contributed by atoms with E-state index >= 15 is 0 Å². The molecule has 0 aromatic carbocycles. The molecule has 0 saturated carbocycles. The smallest absolute Gasteiger partial charge is 0.0266 e. The van der Waals surface area contributed by atoms with Crippen LogP contribution in [0.3, 0.4) is 0 Å². The van der Waals surface area contributed by atoms with Crippen molar-refractivity contribution in [3.8, 4) is 0 Å². The standard InChI is InChI=1S/C16H30/c1-7-10-12-15(11-8-2)14(9-3)13-16(4,5)6/h10,12H,7-9,11,13H2,1-6H3/b12-10-,15-14-. The highest BCUT2D eigenvalue weighted by Gasteiger charge is 2.14. The van der Waals surface area contributed by atoms with Crippen LogP contribution >= 0.6 is 0 Å². The Balaban J connectivity index is 4.91. The molecule has 0 N–H and O–H groups in total. The second-order valence-corrected chi connectivity index (χ2v) is 5.78. The third-order valence-corrected chi connectivity index (χ3v) is 2.70. The second kappa shape index (κ2) is 7.70. The zero-order valence-corrected chi connectivity index (χ0v) is 12.2. The molecule has 0 aliphatic rings. The van der Waals surface area contributed by atoms with Crippen LogP contribution in [0.25, 0.3) is 0 Å². The van der Waals surface area contributed by atoms with Crippen LogP contribution in [0.2, 0.25) is 0 Å². The molecular formula is C16H30. The molecule has 0 heterocycles. The van der Waals surface area contributed by atoms with E-state index in [0.29, 0.717) is 5.41 Å². The van der Waals surface area contributed by atoms with Crippen LogP contribution in [-0.2, 0) is 0 Å². The highest BCUT2D eigenvalue weighted by atomic mass is 14.2. The Labute approximate surface area is 103 Å². The summed E-state index contributed by atoms with van der Waals surface area (Å²) in [4.78, 5) is 0. The van der Waals surface area contributed by atoms with Crippen molar-refractivity contribution < 1.29 is 0 Å². The van der Waals surface area contributed by atoms with Gasteiger partial charge in [-0.25, -0.2) is 0 Å². The summed E-state index contributed by atoms with van der Waals surface area (Å²) in [6, 6.07) is 0. The van der Waals surface area contributed by atoms with Gasteiger partial charge in [0.25, 0.3) is 0 Å². The van der Waals surface area contributed by atoms with Crippen LogP contribution in [0.15, 0.2) is 23.3 Å². The maximum Gasteiger partial charge on any atom is -0.0266 e. The van der Waals surface area contributed by atoms with Gasteiger partial charge in [-0.05, 0) is 36.7 Å². The lowest BCUT2D eigenvalue weighted by molar-refractivity contribution is 0.403. The van der Waals surface area contributed by atoms with E-state index in [-0.39, 0.29) is 0 Å². The van der Waals surface area contributed by atoms with E-state index < -0.39 is 0 Å². The van der Waals surface area contributed by atoms with Crippen LogP contribution in [0, 0.1) is 5.41 Å². The maximum absolute atomic E-state index is 2.36. The van der Waals surface area contributed by atoms with Gasteiger partial charge in [-0.15, -0.1) is 0 Å². The van der Waals surface area contributed by atoms with E-state index in [4.69, 9.17) is 0 Å². The van der Waals surface area contributed by atoms with Crippen molar-refractivity contribution >= 4 is 0 Å². The molecule has 0 atom stereocenters. The molecule has 0 rings (SSSR count). The van der Waals surface area contributed by atoms with E-state index in [1.54, 1.807) is 11.1 Å². The summed E-state index contributed by atoms with van der Waals surface area (Å²) in [5.41, 5.74) is 3.64. The highest BCUT2D eigenvalue weighted by Crippen LogP contribution is 2.29. The van der Waals surface area contributed by atoms with Gasteiger partial charge in [-0.3, -0.25) is 0 Å². The fraction of sp³-hybridized carbons (Fsp3) is 0.750. The van der Waals surface area contributed by atoms with Gasteiger partial charge >= 0.3 is 0 Å². The van der Waals surface area contributed by atoms with Gasteiger partial charge in [0.1, 0.15) is 0 Å². The Morgan fingerprint density at radius 1 is 1.06 bits per heavy atom. The summed E-state index contributed by atoms with van der Waals surface area (Å²) in [5.74, 6) is 0. The fourth-order valence-corrected chi connectivity index (χ4v) is 2.01. The van der Waals surface area contributed by atoms with E-state index in [9.17, 15) is 0 Å². The van der Waals surface area contributed by atoms with Crippen molar-refractivity contribution in [1.29, 1.82) is 0 Å². The third-order valence-electron chi connectivity index (χ3n) is 2.70. The summed E-state index contributed by atoms with van der Waals surface area (Å²) >= 11 is 0. The van der Waals surface area contributed by atoms with Crippen LogP contribution in [0.1, 0.15) is 73.6 Å². The molecule has 0 amide bonds. The predicted octanol–water partition coefficient (Wildman–Crippen LogP) is 5.90. The van der Waals surface area contributed by atoms with Crippen molar-refractivity contribution in [2.24, 2.45) is 5.41 Å². The van der Waals surface area contributed by atoms with E-state index in [1.165, 1.54) is 25.7 Å². The van der Waals surface area contributed by atoms with Gasteiger partial charge in [-0.2, -0.15) is 0 Å². The molecule has 0 aromatic rings. The van der Waals surface area contributed by atoms with Crippen LogP contribution < -0.4 is 0 Å². The van der Waals surface area contributed by atoms with Crippen molar-refractivity contribution in [2.75, 3.05) is 0 Å². The third kappa shape index (κ3) is 6.87. The molecule has 94 valence electrons. The lowest BCUT2D eigenvalue weighted by Crippen LogP contribution is -2.07. The molecule has 0 fully saturated rings. The summed E-state index contributed by atoms with van der Waals surface area (Å²) in [6.07, 6.45) is 10.7.